The first kappa shape index (κ1) is 15.3. The van der Waals surface area contributed by atoms with Crippen molar-refractivity contribution in [2.24, 2.45) is 0 Å². The molecule has 3 aromatic rings. The summed E-state index contributed by atoms with van der Waals surface area (Å²) in [6.07, 6.45) is 4.21. The molecule has 0 aliphatic carbocycles. The maximum atomic E-state index is 12.6. The van der Waals surface area contributed by atoms with Crippen LogP contribution in [0.2, 0.25) is 0 Å². The molecular weight excluding hydrogens is 322 g/mol. The van der Waals surface area contributed by atoms with Gasteiger partial charge in [0.15, 0.2) is 5.58 Å². The molecule has 24 heavy (non-hydrogen) atoms. The van der Waals surface area contributed by atoms with E-state index < -0.39 is 0 Å². The van der Waals surface area contributed by atoms with E-state index in [1.54, 1.807) is 11.3 Å². The predicted octanol–water partition coefficient (Wildman–Crippen LogP) is 3.54. The molecule has 4 rings (SSSR count). The first-order valence-electron chi connectivity index (χ1n) is 8.24. The second-order valence-electron chi connectivity index (χ2n) is 6.27. The maximum absolute atomic E-state index is 12.6. The number of hydrogen-bond donors (Lipinski definition) is 0. The second kappa shape index (κ2) is 6.36. The Hall–Kier alpha value is -2.21. The Balaban J connectivity index is 1.39. The number of thiazole rings is 1. The third-order valence-electron chi connectivity index (χ3n) is 4.61. The van der Waals surface area contributed by atoms with E-state index >= 15 is 0 Å². The number of para-hydroxylation sites is 1. The summed E-state index contributed by atoms with van der Waals surface area (Å²) in [5.74, 6) is 0.614. The number of aryl methyl sites for hydroxylation is 1. The minimum absolute atomic E-state index is 0.128. The first-order chi connectivity index (χ1) is 11.7. The van der Waals surface area contributed by atoms with E-state index in [0.29, 0.717) is 12.3 Å². The van der Waals surface area contributed by atoms with Gasteiger partial charge in [0, 0.05) is 35.5 Å². The summed E-state index contributed by atoms with van der Waals surface area (Å²) in [6.45, 7) is 3.66. The topological polar surface area (TPSA) is 59.2 Å². The Morgan fingerprint density at radius 1 is 1.33 bits per heavy atom. The number of carbonyl (C=O) groups excluding carboxylic acids is 1. The number of amides is 1. The van der Waals surface area contributed by atoms with Crippen LogP contribution < -0.4 is 0 Å². The van der Waals surface area contributed by atoms with Gasteiger partial charge < -0.3 is 9.42 Å². The molecule has 2 aromatic heterocycles. The average molecular weight is 341 g/mol. The number of hydrogen-bond acceptors (Lipinski definition) is 5. The molecule has 1 amide bonds. The monoisotopic (exact) mass is 341 g/mol. The summed E-state index contributed by atoms with van der Waals surface area (Å²) in [7, 11) is 0. The van der Waals surface area contributed by atoms with Crippen LogP contribution in [-0.2, 0) is 11.2 Å². The molecule has 0 atom stereocenters. The van der Waals surface area contributed by atoms with Crippen molar-refractivity contribution in [1.29, 1.82) is 0 Å². The van der Waals surface area contributed by atoms with Crippen molar-refractivity contribution in [1.82, 2.24) is 15.0 Å². The van der Waals surface area contributed by atoms with Crippen LogP contribution in [0.25, 0.3) is 11.0 Å². The van der Waals surface area contributed by atoms with E-state index in [1.807, 2.05) is 35.4 Å². The third-order valence-corrected chi connectivity index (χ3v) is 5.68. The van der Waals surface area contributed by atoms with Gasteiger partial charge >= 0.3 is 0 Å². The van der Waals surface area contributed by atoms with Gasteiger partial charge in [-0.3, -0.25) is 4.79 Å². The van der Waals surface area contributed by atoms with E-state index in [9.17, 15) is 4.79 Å². The van der Waals surface area contributed by atoms with Crippen molar-refractivity contribution in [2.45, 2.75) is 32.1 Å². The highest BCUT2D eigenvalue weighted by atomic mass is 32.1. The van der Waals surface area contributed by atoms with Crippen molar-refractivity contribution >= 4 is 28.2 Å². The highest BCUT2D eigenvalue weighted by Crippen LogP contribution is 2.31. The molecule has 6 heteroatoms. The van der Waals surface area contributed by atoms with Gasteiger partial charge in [0.2, 0.25) is 5.91 Å². The fourth-order valence-corrected chi connectivity index (χ4v) is 4.20. The highest BCUT2D eigenvalue weighted by Gasteiger charge is 2.26. The molecule has 0 spiro atoms. The van der Waals surface area contributed by atoms with E-state index in [-0.39, 0.29) is 5.91 Å². The molecule has 3 heterocycles. The van der Waals surface area contributed by atoms with Gasteiger partial charge in [0.1, 0.15) is 5.69 Å². The second-order valence-corrected chi connectivity index (χ2v) is 7.53. The molecule has 0 N–H and O–H groups in total. The zero-order chi connectivity index (χ0) is 16.5. The van der Waals surface area contributed by atoms with Gasteiger partial charge in [-0.1, -0.05) is 17.3 Å². The quantitative estimate of drug-likeness (QED) is 0.731. The summed E-state index contributed by atoms with van der Waals surface area (Å²) >= 11 is 1.77. The van der Waals surface area contributed by atoms with E-state index in [4.69, 9.17) is 4.52 Å². The van der Waals surface area contributed by atoms with Crippen LogP contribution in [0.1, 0.15) is 34.3 Å². The summed E-state index contributed by atoms with van der Waals surface area (Å²) < 4.78 is 5.29. The van der Waals surface area contributed by atoms with E-state index in [1.165, 1.54) is 9.88 Å². The number of fused-ring (bicyclic) bond motifs is 1. The number of aromatic nitrogens is 2. The molecule has 0 radical (unpaired) electrons. The normalized spacial score (nSPS) is 16.0. The summed E-state index contributed by atoms with van der Waals surface area (Å²) in [5, 5.41) is 6.20. The lowest BCUT2D eigenvalue weighted by Crippen LogP contribution is -2.38. The molecule has 1 fully saturated rings. The SMILES string of the molecule is Cc1cnc(C2CCN(C(=O)Cc3noc4ccccc34)CC2)s1. The molecule has 0 bridgehead atoms. The van der Waals surface area contributed by atoms with Gasteiger partial charge in [-0.25, -0.2) is 4.98 Å². The van der Waals surface area contributed by atoms with Gasteiger partial charge in [-0.05, 0) is 31.9 Å². The largest absolute Gasteiger partial charge is 0.356 e. The zero-order valence-corrected chi connectivity index (χ0v) is 14.4. The number of piperidine rings is 1. The molecule has 1 saturated heterocycles. The van der Waals surface area contributed by atoms with Crippen LogP contribution in [0.4, 0.5) is 0 Å². The van der Waals surface area contributed by atoms with Crippen molar-refractivity contribution in [2.75, 3.05) is 13.1 Å². The molecule has 124 valence electrons. The van der Waals surface area contributed by atoms with E-state index in [2.05, 4.69) is 17.1 Å². The Morgan fingerprint density at radius 3 is 2.88 bits per heavy atom. The third kappa shape index (κ3) is 2.94. The lowest BCUT2D eigenvalue weighted by atomic mass is 9.97. The Morgan fingerprint density at radius 2 is 2.12 bits per heavy atom. The van der Waals surface area contributed by atoms with Crippen molar-refractivity contribution in [3.63, 3.8) is 0 Å². The van der Waals surface area contributed by atoms with Crippen LogP contribution in [-0.4, -0.2) is 34.0 Å². The van der Waals surface area contributed by atoms with Crippen LogP contribution in [0.15, 0.2) is 35.0 Å². The lowest BCUT2D eigenvalue weighted by Gasteiger charge is -2.31. The average Bonchev–Trinajstić information content (AvgIpc) is 3.22. The van der Waals surface area contributed by atoms with Crippen molar-refractivity contribution < 1.29 is 9.32 Å². The van der Waals surface area contributed by atoms with Crippen LogP contribution in [0.5, 0.6) is 0 Å². The van der Waals surface area contributed by atoms with Crippen LogP contribution >= 0.6 is 11.3 Å². The predicted molar refractivity (Wildman–Crippen MR) is 93.1 cm³/mol. The highest BCUT2D eigenvalue weighted by molar-refractivity contribution is 7.11. The minimum atomic E-state index is 0.128. The van der Waals surface area contributed by atoms with Crippen molar-refractivity contribution in [3.05, 3.63) is 46.0 Å². The van der Waals surface area contributed by atoms with E-state index in [0.717, 1.165) is 42.6 Å². The fraction of sp³-hybridized carbons (Fsp3) is 0.389. The van der Waals surface area contributed by atoms with Crippen LogP contribution in [0.3, 0.4) is 0 Å². The number of nitrogens with zero attached hydrogens (tertiary/aromatic N) is 3. The Kier molecular flexibility index (Phi) is 4.06. The molecule has 1 aliphatic heterocycles. The molecule has 5 nitrogen and oxygen atoms in total. The zero-order valence-electron chi connectivity index (χ0n) is 13.6. The number of rotatable bonds is 3. The number of carbonyl (C=O) groups is 1. The van der Waals surface area contributed by atoms with Gasteiger partial charge in [0.05, 0.1) is 11.4 Å². The lowest BCUT2D eigenvalue weighted by molar-refractivity contribution is -0.131. The van der Waals surface area contributed by atoms with Crippen molar-refractivity contribution in [3.8, 4) is 0 Å². The van der Waals surface area contributed by atoms with Gasteiger partial charge in [0.25, 0.3) is 0 Å². The summed E-state index contributed by atoms with van der Waals surface area (Å²) in [5.41, 5.74) is 1.46. The summed E-state index contributed by atoms with van der Waals surface area (Å²) in [4.78, 5) is 20.3. The summed E-state index contributed by atoms with van der Waals surface area (Å²) in [6, 6.07) is 7.67. The molecular formula is C18H19N3O2S. The molecule has 0 unspecified atom stereocenters. The Bertz CT molecular complexity index is 862. The number of benzene rings is 1. The minimum Gasteiger partial charge on any atom is -0.356 e. The van der Waals surface area contributed by atoms with Gasteiger partial charge in [-0.2, -0.15) is 0 Å². The van der Waals surface area contributed by atoms with Gasteiger partial charge in [-0.15, -0.1) is 11.3 Å². The molecule has 1 aliphatic rings. The standard InChI is InChI=1S/C18H19N3O2S/c1-12-11-19-18(24-12)13-6-8-21(9-7-13)17(22)10-15-14-4-2-3-5-16(14)23-20-15/h2-5,11,13H,6-10H2,1H3. The smallest absolute Gasteiger partial charge is 0.228 e. The Labute approximate surface area is 144 Å². The van der Waals surface area contributed by atoms with Crippen LogP contribution in [0, 0.1) is 6.92 Å². The number of likely N-dealkylation sites (tertiary alicyclic amines) is 1. The molecule has 1 aromatic carbocycles. The maximum Gasteiger partial charge on any atom is 0.228 e. The first-order valence-corrected chi connectivity index (χ1v) is 9.06. The molecule has 0 saturated carbocycles. The fourth-order valence-electron chi connectivity index (χ4n) is 3.26.